The van der Waals surface area contributed by atoms with Crippen LogP contribution in [0, 0.1) is 6.92 Å². The number of aryl methyl sites for hydroxylation is 1. The number of likely N-dealkylation sites (N-methyl/N-ethyl adjacent to an activating group) is 1. The lowest BCUT2D eigenvalue weighted by atomic mass is 10.0. The average molecular weight is 586 g/mol. The highest BCUT2D eigenvalue weighted by molar-refractivity contribution is 7.92. The predicted molar refractivity (Wildman–Crippen MR) is 164 cm³/mol. The van der Waals surface area contributed by atoms with Gasteiger partial charge in [-0.15, -0.1) is 0 Å². The summed E-state index contributed by atoms with van der Waals surface area (Å²) in [5.74, 6) is -0.433. The summed E-state index contributed by atoms with van der Waals surface area (Å²) < 4.78 is 34.5. The Hall–Kier alpha value is -4.63. The van der Waals surface area contributed by atoms with Crippen LogP contribution in [0.2, 0.25) is 0 Å². The highest BCUT2D eigenvalue weighted by Crippen LogP contribution is 2.28. The van der Waals surface area contributed by atoms with Gasteiger partial charge in [0.15, 0.2) is 0 Å². The van der Waals surface area contributed by atoms with E-state index in [1.54, 1.807) is 36.4 Å². The molecule has 0 aliphatic rings. The molecule has 4 aromatic carbocycles. The molecule has 8 nitrogen and oxygen atoms in total. The van der Waals surface area contributed by atoms with E-state index in [0.29, 0.717) is 5.75 Å². The van der Waals surface area contributed by atoms with Gasteiger partial charge in [-0.25, -0.2) is 8.42 Å². The van der Waals surface area contributed by atoms with Gasteiger partial charge >= 0.3 is 0 Å². The molecule has 4 aromatic rings. The van der Waals surface area contributed by atoms with Gasteiger partial charge in [0, 0.05) is 26.1 Å². The van der Waals surface area contributed by atoms with E-state index >= 15 is 0 Å². The van der Waals surface area contributed by atoms with E-state index in [4.69, 9.17) is 4.74 Å². The smallest absolute Gasteiger partial charge is 0.264 e. The van der Waals surface area contributed by atoms with Gasteiger partial charge in [-0.1, -0.05) is 84.4 Å². The number of amides is 2. The van der Waals surface area contributed by atoms with Crippen LogP contribution in [0.15, 0.2) is 114 Å². The van der Waals surface area contributed by atoms with Gasteiger partial charge in [0.1, 0.15) is 18.3 Å². The Labute approximate surface area is 247 Å². The van der Waals surface area contributed by atoms with Crippen molar-refractivity contribution in [1.29, 1.82) is 0 Å². The van der Waals surface area contributed by atoms with Crippen LogP contribution in [-0.4, -0.2) is 51.9 Å². The van der Waals surface area contributed by atoms with Crippen molar-refractivity contribution in [2.45, 2.75) is 30.8 Å². The number of anilines is 1. The van der Waals surface area contributed by atoms with Crippen LogP contribution in [0.1, 0.15) is 16.7 Å². The molecule has 0 aliphatic heterocycles. The number of nitrogens with zero attached hydrogens (tertiary/aromatic N) is 2. The third-order valence-corrected chi connectivity index (χ3v) is 8.73. The van der Waals surface area contributed by atoms with Crippen LogP contribution in [0.25, 0.3) is 0 Å². The Morgan fingerprint density at radius 1 is 0.833 bits per heavy atom. The first-order chi connectivity index (χ1) is 20.2. The number of ether oxygens (including phenoxy) is 1. The molecular weight excluding hydrogens is 550 g/mol. The predicted octanol–water partition coefficient (Wildman–Crippen LogP) is 4.59. The van der Waals surface area contributed by atoms with Crippen LogP contribution < -0.4 is 14.4 Å². The highest BCUT2D eigenvalue weighted by Gasteiger charge is 2.34. The fraction of sp³-hybridized carbons (Fsp3) is 0.212. The van der Waals surface area contributed by atoms with Crippen molar-refractivity contribution in [2.75, 3.05) is 25.0 Å². The molecule has 4 rings (SSSR count). The van der Waals surface area contributed by atoms with E-state index in [0.717, 1.165) is 21.0 Å². The third kappa shape index (κ3) is 7.36. The fourth-order valence-electron chi connectivity index (χ4n) is 4.63. The van der Waals surface area contributed by atoms with Gasteiger partial charge in [-0.2, -0.15) is 0 Å². The second-order valence-electron chi connectivity index (χ2n) is 9.85. The van der Waals surface area contributed by atoms with E-state index in [9.17, 15) is 18.0 Å². The molecule has 0 bridgehead atoms. The summed E-state index contributed by atoms with van der Waals surface area (Å²) in [5, 5.41) is 2.69. The van der Waals surface area contributed by atoms with Crippen LogP contribution in [-0.2, 0) is 32.6 Å². The number of methoxy groups -OCH3 is 1. The summed E-state index contributed by atoms with van der Waals surface area (Å²) in [7, 11) is -1.17. The number of carbonyl (C=O) groups is 2. The Kier molecular flexibility index (Phi) is 9.98. The number of hydrogen-bond acceptors (Lipinski definition) is 5. The molecule has 9 heteroatoms. The van der Waals surface area contributed by atoms with E-state index < -0.39 is 28.5 Å². The van der Waals surface area contributed by atoms with Crippen molar-refractivity contribution >= 4 is 27.5 Å². The summed E-state index contributed by atoms with van der Waals surface area (Å²) in [6.45, 7) is 1.45. The molecule has 0 spiro atoms. The van der Waals surface area contributed by atoms with Crippen LogP contribution in [0.5, 0.6) is 5.75 Å². The van der Waals surface area contributed by atoms with Gasteiger partial charge in [0.2, 0.25) is 11.8 Å². The second kappa shape index (κ2) is 13.8. The Balaban J connectivity index is 1.79. The molecule has 1 N–H and O–H groups in total. The molecule has 0 radical (unpaired) electrons. The average Bonchev–Trinajstić information content (AvgIpc) is 3.02. The number of benzene rings is 4. The number of nitrogens with one attached hydrogen (secondary N) is 1. The van der Waals surface area contributed by atoms with Crippen molar-refractivity contribution in [1.82, 2.24) is 10.2 Å². The standard InChI is InChI=1S/C33H35N3O5S/c1-25-17-19-30(20-18-25)42(39,40)36(28-15-10-16-29(22-28)41-3)24-32(37)35(23-27-13-8-5-9-14-27)31(33(38)34-2)21-26-11-6-4-7-12-26/h4-20,22,31H,21,23-24H2,1-3H3,(H,34,38)/t31-/m0/s1. The molecule has 1 atom stereocenters. The van der Waals surface area contributed by atoms with E-state index in [-0.39, 0.29) is 29.5 Å². The van der Waals surface area contributed by atoms with Crippen molar-refractivity contribution in [3.05, 3.63) is 126 Å². The van der Waals surface area contributed by atoms with E-state index in [2.05, 4.69) is 5.32 Å². The van der Waals surface area contributed by atoms with Crippen molar-refractivity contribution in [3.8, 4) is 5.75 Å². The molecule has 0 saturated heterocycles. The maximum Gasteiger partial charge on any atom is 0.264 e. The largest absolute Gasteiger partial charge is 0.497 e. The summed E-state index contributed by atoms with van der Waals surface area (Å²) in [4.78, 5) is 29.1. The zero-order valence-corrected chi connectivity index (χ0v) is 24.8. The lowest BCUT2D eigenvalue weighted by Gasteiger charge is -2.33. The number of rotatable bonds is 12. The summed E-state index contributed by atoms with van der Waals surface area (Å²) in [6.07, 6.45) is 0.253. The molecule has 218 valence electrons. The minimum absolute atomic E-state index is 0.0467. The first kappa shape index (κ1) is 30.3. The Morgan fingerprint density at radius 3 is 2.05 bits per heavy atom. The molecule has 0 heterocycles. The fourth-order valence-corrected chi connectivity index (χ4v) is 6.04. The molecular formula is C33H35N3O5S. The van der Waals surface area contributed by atoms with Gasteiger partial charge < -0.3 is 15.0 Å². The molecule has 0 aliphatic carbocycles. The van der Waals surface area contributed by atoms with Crippen LogP contribution >= 0.6 is 0 Å². The summed E-state index contributed by atoms with van der Waals surface area (Å²) in [5.41, 5.74) is 2.85. The van der Waals surface area contributed by atoms with E-state index in [1.807, 2.05) is 67.6 Å². The topological polar surface area (TPSA) is 96.0 Å². The SMILES string of the molecule is CNC(=O)[C@H](Cc1ccccc1)N(Cc1ccccc1)C(=O)CN(c1cccc(OC)c1)S(=O)(=O)c1ccc(C)cc1. The number of carbonyl (C=O) groups excluding carboxylic acids is 2. The third-order valence-electron chi connectivity index (χ3n) is 6.94. The minimum Gasteiger partial charge on any atom is -0.497 e. The molecule has 0 saturated carbocycles. The van der Waals surface area contributed by atoms with Crippen molar-refractivity contribution in [3.63, 3.8) is 0 Å². The zero-order valence-electron chi connectivity index (χ0n) is 23.9. The Bertz CT molecular complexity index is 1590. The van der Waals surface area contributed by atoms with Gasteiger partial charge in [0.25, 0.3) is 10.0 Å². The minimum atomic E-state index is -4.18. The van der Waals surface area contributed by atoms with Gasteiger partial charge in [-0.3, -0.25) is 13.9 Å². The van der Waals surface area contributed by atoms with Gasteiger partial charge in [0.05, 0.1) is 17.7 Å². The molecule has 0 unspecified atom stereocenters. The van der Waals surface area contributed by atoms with Crippen molar-refractivity contribution in [2.24, 2.45) is 0 Å². The first-order valence-electron chi connectivity index (χ1n) is 13.6. The van der Waals surface area contributed by atoms with E-state index in [1.165, 1.54) is 31.2 Å². The molecule has 42 heavy (non-hydrogen) atoms. The van der Waals surface area contributed by atoms with Crippen LogP contribution in [0.3, 0.4) is 0 Å². The zero-order chi connectivity index (χ0) is 30.1. The quantitative estimate of drug-likeness (QED) is 0.263. The van der Waals surface area contributed by atoms with Crippen LogP contribution in [0.4, 0.5) is 5.69 Å². The number of hydrogen-bond donors (Lipinski definition) is 1. The van der Waals surface area contributed by atoms with Gasteiger partial charge in [-0.05, 0) is 42.3 Å². The second-order valence-corrected chi connectivity index (χ2v) is 11.7. The highest BCUT2D eigenvalue weighted by atomic mass is 32.2. The van der Waals surface area contributed by atoms with Crippen molar-refractivity contribution < 1.29 is 22.7 Å². The lowest BCUT2D eigenvalue weighted by molar-refractivity contribution is -0.139. The molecule has 0 aromatic heterocycles. The monoisotopic (exact) mass is 585 g/mol. The molecule has 0 fully saturated rings. The maximum absolute atomic E-state index is 14.3. The molecule has 2 amide bonds. The first-order valence-corrected chi connectivity index (χ1v) is 15.0. The summed E-state index contributed by atoms with van der Waals surface area (Å²) >= 11 is 0. The summed E-state index contributed by atoms with van der Waals surface area (Å²) in [6, 6.07) is 30.9. The Morgan fingerprint density at radius 2 is 1.45 bits per heavy atom. The normalized spacial score (nSPS) is 11.8. The maximum atomic E-state index is 14.3. The lowest BCUT2D eigenvalue weighted by Crippen LogP contribution is -2.53. The number of sulfonamides is 1.